The van der Waals surface area contributed by atoms with E-state index in [0.29, 0.717) is 25.9 Å². The van der Waals surface area contributed by atoms with E-state index in [9.17, 15) is 9.59 Å². The van der Waals surface area contributed by atoms with E-state index in [4.69, 9.17) is 0 Å². The van der Waals surface area contributed by atoms with Crippen molar-refractivity contribution in [3.8, 4) is 0 Å². The number of hydrogen-bond donors (Lipinski definition) is 1. The van der Waals surface area contributed by atoms with Crippen LogP contribution >= 0.6 is 0 Å². The minimum absolute atomic E-state index is 0.0283. The van der Waals surface area contributed by atoms with Crippen LogP contribution in [0, 0.1) is 5.41 Å². The van der Waals surface area contributed by atoms with Gasteiger partial charge < -0.3 is 15.1 Å². The van der Waals surface area contributed by atoms with E-state index in [-0.39, 0.29) is 11.8 Å². The average molecular weight is 363 g/mol. The molecule has 1 N–H and O–H groups in total. The maximum atomic E-state index is 13.1. The van der Waals surface area contributed by atoms with Gasteiger partial charge in [-0.1, -0.05) is 24.3 Å². The molecule has 0 spiro atoms. The lowest BCUT2D eigenvalue weighted by atomic mass is 9.97. The minimum Gasteiger partial charge on any atom is -0.378 e. The molecule has 1 heterocycles. The minimum atomic E-state index is -0.882. The van der Waals surface area contributed by atoms with Gasteiger partial charge in [-0.15, -0.1) is 0 Å². The third kappa shape index (κ3) is 3.29. The van der Waals surface area contributed by atoms with Crippen molar-refractivity contribution in [1.29, 1.82) is 0 Å². The van der Waals surface area contributed by atoms with Gasteiger partial charge in [-0.3, -0.25) is 9.59 Å². The predicted molar refractivity (Wildman–Crippen MR) is 107 cm³/mol. The third-order valence-corrected chi connectivity index (χ3v) is 5.65. The van der Waals surface area contributed by atoms with Crippen LogP contribution in [0.15, 0.2) is 48.5 Å². The summed E-state index contributed by atoms with van der Waals surface area (Å²) in [7, 11) is 3.95. The van der Waals surface area contributed by atoms with Gasteiger partial charge in [-0.05, 0) is 54.7 Å². The van der Waals surface area contributed by atoms with E-state index in [1.165, 1.54) is 11.1 Å². The SMILES string of the molecule is CN(C)c1ccc(NC(=O)C2(C(=O)N3CCc4ccccc4C3)CC2)cc1. The Morgan fingerprint density at radius 1 is 1.00 bits per heavy atom. The van der Waals surface area contributed by atoms with E-state index >= 15 is 0 Å². The number of rotatable bonds is 4. The van der Waals surface area contributed by atoms with Crippen molar-refractivity contribution in [2.75, 3.05) is 30.9 Å². The van der Waals surface area contributed by atoms with Gasteiger partial charge in [0, 0.05) is 38.6 Å². The van der Waals surface area contributed by atoms with Crippen molar-refractivity contribution >= 4 is 23.2 Å². The molecule has 4 rings (SSSR count). The molecular formula is C22H25N3O2. The van der Waals surface area contributed by atoms with Crippen LogP contribution < -0.4 is 10.2 Å². The lowest BCUT2D eigenvalue weighted by Crippen LogP contribution is -2.45. The molecule has 1 fully saturated rings. The third-order valence-electron chi connectivity index (χ3n) is 5.65. The normalized spacial score (nSPS) is 17.0. The number of hydrogen-bond acceptors (Lipinski definition) is 3. The van der Waals surface area contributed by atoms with Gasteiger partial charge >= 0.3 is 0 Å². The molecule has 0 radical (unpaired) electrons. The zero-order valence-electron chi connectivity index (χ0n) is 15.9. The lowest BCUT2D eigenvalue weighted by Gasteiger charge is -2.31. The molecule has 0 saturated heterocycles. The smallest absolute Gasteiger partial charge is 0.240 e. The number of amides is 2. The molecule has 2 aliphatic rings. The average Bonchev–Trinajstić information content (AvgIpc) is 3.49. The fraction of sp³-hybridized carbons (Fsp3) is 0.364. The fourth-order valence-corrected chi connectivity index (χ4v) is 3.73. The Morgan fingerprint density at radius 2 is 1.67 bits per heavy atom. The van der Waals surface area contributed by atoms with E-state index in [2.05, 4.69) is 17.4 Å². The highest BCUT2D eigenvalue weighted by Crippen LogP contribution is 2.48. The van der Waals surface area contributed by atoms with Crippen molar-refractivity contribution in [3.63, 3.8) is 0 Å². The number of carbonyl (C=O) groups excluding carboxylic acids is 2. The zero-order chi connectivity index (χ0) is 19.0. The number of nitrogens with one attached hydrogen (secondary N) is 1. The summed E-state index contributed by atoms with van der Waals surface area (Å²) in [4.78, 5) is 29.9. The first kappa shape index (κ1) is 17.6. The second-order valence-corrected chi connectivity index (χ2v) is 7.72. The summed E-state index contributed by atoms with van der Waals surface area (Å²) in [6, 6.07) is 15.9. The Labute approximate surface area is 160 Å². The lowest BCUT2D eigenvalue weighted by molar-refractivity contribution is -0.143. The number of anilines is 2. The number of benzene rings is 2. The second kappa shape index (κ2) is 6.72. The van der Waals surface area contributed by atoms with E-state index in [1.54, 1.807) is 0 Å². The van der Waals surface area contributed by atoms with Gasteiger partial charge in [0.1, 0.15) is 5.41 Å². The maximum absolute atomic E-state index is 13.1. The van der Waals surface area contributed by atoms with Crippen molar-refractivity contribution in [3.05, 3.63) is 59.7 Å². The molecule has 1 saturated carbocycles. The quantitative estimate of drug-likeness (QED) is 0.850. The summed E-state index contributed by atoms with van der Waals surface area (Å²) in [6.07, 6.45) is 2.11. The van der Waals surface area contributed by atoms with Crippen molar-refractivity contribution in [2.24, 2.45) is 5.41 Å². The topological polar surface area (TPSA) is 52.7 Å². The molecule has 5 nitrogen and oxygen atoms in total. The molecule has 0 bridgehead atoms. The summed E-state index contributed by atoms with van der Waals surface area (Å²) < 4.78 is 0. The van der Waals surface area contributed by atoms with Crippen LogP contribution in [-0.2, 0) is 22.6 Å². The van der Waals surface area contributed by atoms with Gasteiger partial charge in [-0.2, -0.15) is 0 Å². The number of nitrogens with zero attached hydrogens (tertiary/aromatic N) is 2. The molecule has 27 heavy (non-hydrogen) atoms. The van der Waals surface area contributed by atoms with E-state index in [1.807, 2.05) is 60.3 Å². The Morgan fingerprint density at radius 3 is 2.30 bits per heavy atom. The molecule has 5 heteroatoms. The Bertz CT molecular complexity index is 869. The monoisotopic (exact) mass is 363 g/mol. The summed E-state index contributed by atoms with van der Waals surface area (Å²) in [5.74, 6) is -0.205. The van der Waals surface area contributed by atoms with Crippen molar-refractivity contribution in [1.82, 2.24) is 4.90 Å². The van der Waals surface area contributed by atoms with E-state index in [0.717, 1.165) is 17.8 Å². The summed E-state index contributed by atoms with van der Waals surface area (Å²) in [5, 5.41) is 2.95. The predicted octanol–water partition coefficient (Wildman–Crippen LogP) is 3.06. The van der Waals surface area contributed by atoms with Gasteiger partial charge in [-0.25, -0.2) is 0 Å². The standard InChI is InChI=1S/C22H25N3O2/c1-24(2)19-9-7-18(8-10-19)23-20(26)22(12-13-22)21(27)25-14-11-16-5-3-4-6-17(16)15-25/h3-10H,11-15H2,1-2H3,(H,23,26). The highest BCUT2D eigenvalue weighted by Gasteiger charge is 2.58. The summed E-state index contributed by atoms with van der Waals surface area (Å²) >= 11 is 0. The largest absolute Gasteiger partial charge is 0.378 e. The summed E-state index contributed by atoms with van der Waals surface area (Å²) in [5.41, 5.74) is 3.40. The van der Waals surface area contributed by atoms with Gasteiger partial charge in [0.2, 0.25) is 11.8 Å². The van der Waals surface area contributed by atoms with Crippen LogP contribution in [0.5, 0.6) is 0 Å². The van der Waals surface area contributed by atoms with Gasteiger partial charge in [0.05, 0.1) is 0 Å². The molecule has 1 aliphatic heterocycles. The van der Waals surface area contributed by atoms with E-state index < -0.39 is 5.41 Å². The number of carbonyl (C=O) groups is 2. The highest BCUT2D eigenvalue weighted by atomic mass is 16.2. The maximum Gasteiger partial charge on any atom is 0.240 e. The van der Waals surface area contributed by atoms with Crippen molar-refractivity contribution < 1.29 is 9.59 Å². The first-order valence-corrected chi connectivity index (χ1v) is 9.45. The molecule has 0 atom stereocenters. The fourth-order valence-electron chi connectivity index (χ4n) is 3.73. The second-order valence-electron chi connectivity index (χ2n) is 7.72. The Kier molecular flexibility index (Phi) is 4.38. The molecule has 0 aromatic heterocycles. The van der Waals surface area contributed by atoms with Crippen LogP contribution in [0.4, 0.5) is 11.4 Å². The van der Waals surface area contributed by atoms with Crippen LogP contribution in [0.1, 0.15) is 24.0 Å². The van der Waals surface area contributed by atoms with Crippen LogP contribution in [0.2, 0.25) is 0 Å². The Balaban J connectivity index is 1.45. The van der Waals surface area contributed by atoms with Crippen LogP contribution in [-0.4, -0.2) is 37.4 Å². The first-order valence-electron chi connectivity index (χ1n) is 9.45. The number of fused-ring (bicyclic) bond motifs is 1. The molecule has 2 amide bonds. The molecule has 0 unspecified atom stereocenters. The summed E-state index contributed by atoms with van der Waals surface area (Å²) in [6.45, 7) is 1.28. The van der Waals surface area contributed by atoms with Crippen molar-refractivity contribution in [2.45, 2.75) is 25.8 Å². The first-order chi connectivity index (χ1) is 13.0. The zero-order valence-corrected chi connectivity index (χ0v) is 15.9. The van der Waals surface area contributed by atoms with Gasteiger partial charge in [0.15, 0.2) is 0 Å². The van der Waals surface area contributed by atoms with Gasteiger partial charge in [0.25, 0.3) is 0 Å². The molecular weight excluding hydrogens is 338 g/mol. The Hall–Kier alpha value is -2.82. The van der Waals surface area contributed by atoms with Crippen LogP contribution in [0.25, 0.3) is 0 Å². The molecule has 1 aliphatic carbocycles. The molecule has 140 valence electrons. The highest BCUT2D eigenvalue weighted by molar-refractivity contribution is 6.13. The molecule has 2 aromatic carbocycles. The van der Waals surface area contributed by atoms with Crippen LogP contribution in [0.3, 0.4) is 0 Å². The molecule has 2 aromatic rings.